The number of aliphatic hydroxyl groups is 1. The molecule has 2 unspecified atom stereocenters. The third kappa shape index (κ3) is 8.48. The van der Waals surface area contributed by atoms with E-state index >= 15 is 0 Å². The zero-order valence-electron chi connectivity index (χ0n) is 9.92. The van der Waals surface area contributed by atoms with Crippen molar-refractivity contribution in [3.05, 3.63) is 0 Å². The lowest BCUT2D eigenvalue weighted by Gasteiger charge is -2.15. The maximum atomic E-state index is 9.50. The Morgan fingerprint density at radius 2 is 1.86 bits per heavy atom. The molecule has 86 valence electrons. The Labute approximate surface area is 87.8 Å². The molecule has 0 aliphatic carbocycles. The van der Waals surface area contributed by atoms with Crippen molar-refractivity contribution < 1.29 is 9.84 Å². The summed E-state index contributed by atoms with van der Waals surface area (Å²) in [6, 6.07) is 0.416. The van der Waals surface area contributed by atoms with E-state index in [1.807, 2.05) is 0 Å². The van der Waals surface area contributed by atoms with Gasteiger partial charge in [-0.2, -0.15) is 0 Å². The van der Waals surface area contributed by atoms with Crippen molar-refractivity contribution in [1.82, 2.24) is 5.32 Å². The third-order valence-corrected chi connectivity index (χ3v) is 2.17. The third-order valence-electron chi connectivity index (χ3n) is 2.17. The fourth-order valence-electron chi connectivity index (χ4n) is 0.954. The molecule has 0 fully saturated rings. The van der Waals surface area contributed by atoms with E-state index in [9.17, 15) is 5.11 Å². The van der Waals surface area contributed by atoms with Crippen LogP contribution < -0.4 is 5.32 Å². The zero-order valence-corrected chi connectivity index (χ0v) is 9.92. The van der Waals surface area contributed by atoms with Gasteiger partial charge in [0.25, 0.3) is 0 Å². The van der Waals surface area contributed by atoms with Crippen molar-refractivity contribution in [2.24, 2.45) is 5.92 Å². The molecular formula is C11H25NO2. The molecule has 0 saturated carbocycles. The van der Waals surface area contributed by atoms with Crippen molar-refractivity contribution in [3.63, 3.8) is 0 Å². The molecule has 0 bridgehead atoms. The van der Waals surface area contributed by atoms with Gasteiger partial charge in [-0.25, -0.2) is 0 Å². The standard InChI is InChI=1S/C11H25NO2/c1-5-10(4)7-14-8-11(13)6-12-9(2)3/h9-13H,5-8H2,1-4H3. The molecule has 3 heteroatoms. The minimum Gasteiger partial charge on any atom is -0.389 e. The Hall–Kier alpha value is -0.120. The fraction of sp³-hybridized carbons (Fsp3) is 1.00. The van der Waals surface area contributed by atoms with Crippen LogP contribution in [0.5, 0.6) is 0 Å². The van der Waals surface area contributed by atoms with E-state index in [-0.39, 0.29) is 6.10 Å². The van der Waals surface area contributed by atoms with E-state index in [1.54, 1.807) is 0 Å². The second-order valence-electron chi connectivity index (χ2n) is 4.27. The lowest BCUT2D eigenvalue weighted by atomic mass is 10.1. The van der Waals surface area contributed by atoms with Crippen LogP contribution in [0.2, 0.25) is 0 Å². The van der Waals surface area contributed by atoms with Gasteiger partial charge in [0.05, 0.1) is 12.7 Å². The molecule has 0 radical (unpaired) electrons. The highest BCUT2D eigenvalue weighted by atomic mass is 16.5. The van der Waals surface area contributed by atoms with Gasteiger partial charge >= 0.3 is 0 Å². The van der Waals surface area contributed by atoms with Gasteiger partial charge in [0.15, 0.2) is 0 Å². The van der Waals surface area contributed by atoms with E-state index < -0.39 is 0 Å². The summed E-state index contributed by atoms with van der Waals surface area (Å²) < 4.78 is 5.39. The van der Waals surface area contributed by atoms with E-state index in [0.29, 0.717) is 25.1 Å². The number of nitrogens with one attached hydrogen (secondary N) is 1. The van der Waals surface area contributed by atoms with E-state index in [1.165, 1.54) is 0 Å². The Kier molecular flexibility index (Phi) is 8.14. The van der Waals surface area contributed by atoms with Crippen molar-refractivity contribution >= 4 is 0 Å². The van der Waals surface area contributed by atoms with Crippen molar-refractivity contribution in [3.8, 4) is 0 Å². The molecule has 0 spiro atoms. The van der Waals surface area contributed by atoms with Gasteiger partial charge < -0.3 is 15.2 Å². The van der Waals surface area contributed by atoms with Crippen LogP contribution in [0, 0.1) is 5.92 Å². The first-order chi connectivity index (χ1) is 6.56. The summed E-state index contributed by atoms with van der Waals surface area (Å²) in [7, 11) is 0. The molecule has 0 amide bonds. The molecule has 0 aromatic heterocycles. The number of ether oxygens (including phenoxy) is 1. The highest BCUT2D eigenvalue weighted by molar-refractivity contribution is 4.61. The van der Waals surface area contributed by atoms with Crippen molar-refractivity contribution in [2.75, 3.05) is 19.8 Å². The Balaban J connectivity index is 3.30. The number of hydrogen-bond acceptors (Lipinski definition) is 3. The predicted octanol–water partition coefficient (Wildman–Crippen LogP) is 1.41. The summed E-state index contributed by atoms with van der Waals surface area (Å²) in [4.78, 5) is 0. The van der Waals surface area contributed by atoms with E-state index in [2.05, 4.69) is 33.0 Å². The quantitative estimate of drug-likeness (QED) is 0.626. The lowest BCUT2D eigenvalue weighted by Crippen LogP contribution is -2.34. The van der Waals surface area contributed by atoms with Gasteiger partial charge in [-0.3, -0.25) is 0 Å². The Morgan fingerprint density at radius 3 is 2.36 bits per heavy atom. The van der Waals surface area contributed by atoms with Crippen LogP contribution >= 0.6 is 0 Å². The molecule has 2 N–H and O–H groups in total. The molecule has 0 aliphatic rings. The zero-order chi connectivity index (χ0) is 11.0. The highest BCUT2D eigenvalue weighted by Gasteiger charge is 2.06. The molecule has 0 aromatic rings. The molecule has 0 rings (SSSR count). The van der Waals surface area contributed by atoms with Crippen LogP contribution in [-0.2, 0) is 4.74 Å². The topological polar surface area (TPSA) is 41.5 Å². The van der Waals surface area contributed by atoms with Gasteiger partial charge in [-0.1, -0.05) is 34.1 Å². The molecule has 2 atom stereocenters. The summed E-state index contributed by atoms with van der Waals surface area (Å²) in [5.74, 6) is 0.584. The second kappa shape index (κ2) is 8.21. The van der Waals surface area contributed by atoms with Gasteiger partial charge in [0, 0.05) is 19.2 Å². The van der Waals surface area contributed by atoms with Gasteiger partial charge in [-0.05, 0) is 5.92 Å². The van der Waals surface area contributed by atoms with Crippen molar-refractivity contribution in [2.45, 2.75) is 46.3 Å². The average molecular weight is 203 g/mol. The Morgan fingerprint density at radius 1 is 1.21 bits per heavy atom. The molecule has 0 aromatic carbocycles. The summed E-state index contributed by atoms with van der Waals surface area (Å²) in [6.07, 6.45) is 0.738. The monoisotopic (exact) mass is 203 g/mol. The summed E-state index contributed by atoms with van der Waals surface area (Å²) >= 11 is 0. The van der Waals surface area contributed by atoms with Gasteiger partial charge in [-0.15, -0.1) is 0 Å². The first-order valence-electron chi connectivity index (χ1n) is 5.55. The van der Waals surface area contributed by atoms with Gasteiger partial charge in [0.1, 0.15) is 0 Å². The maximum Gasteiger partial charge on any atom is 0.0897 e. The second-order valence-corrected chi connectivity index (χ2v) is 4.27. The number of rotatable bonds is 8. The fourth-order valence-corrected chi connectivity index (χ4v) is 0.954. The van der Waals surface area contributed by atoms with E-state index in [0.717, 1.165) is 13.0 Å². The lowest BCUT2D eigenvalue weighted by molar-refractivity contribution is 0.0227. The van der Waals surface area contributed by atoms with Crippen LogP contribution in [-0.4, -0.2) is 37.0 Å². The number of aliphatic hydroxyl groups excluding tert-OH is 1. The average Bonchev–Trinajstić information content (AvgIpc) is 2.14. The SMILES string of the molecule is CCC(C)COCC(O)CNC(C)C. The molecular weight excluding hydrogens is 178 g/mol. The van der Waals surface area contributed by atoms with Gasteiger partial charge in [0.2, 0.25) is 0 Å². The van der Waals surface area contributed by atoms with Crippen LogP contribution in [0.15, 0.2) is 0 Å². The molecule has 0 saturated heterocycles. The van der Waals surface area contributed by atoms with Crippen LogP contribution in [0.1, 0.15) is 34.1 Å². The molecule has 0 heterocycles. The van der Waals surface area contributed by atoms with Crippen LogP contribution in [0.3, 0.4) is 0 Å². The molecule has 0 aliphatic heterocycles. The maximum absolute atomic E-state index is 9.50. The highest BCUT2D eigenvalue weighted by Crippen LogP contribution is 2.00. The van der Waals surface area contributed by atoms with Crippen molar-refractivity contribution in [1.29, 1.82) is 0 Å². The summed E-state index contributed by atoms with van der Waals surface area (Å²) in [6.45, 7) is 10.2. The number of hydrogen-bond donors (Lipinski definition) is 2. The normalized spacial score (nSPS) is 15.9. The molecule has 3 nitrogen and oxygen atoms in total. The summed E-state index contributed by atoms with van der Waals surface area (Å²) in [5.41, 5.74) is 0. The summed E-state index contributed by atoms with van der Waals surface area (Å²) in [5, 5.41) is 12.7. The Bertz CT molecular complexity index is 128. The minimum atomic E-state index is -0.388. The first-order valence-corrected chi connectivity index (χ1v) is 5.55. The first kappa shape index (κ1) is 13.9. The predicted molar refractivity (Wildman–Crippen MR) is 59.4 cm³/mol. The van der Waals surface area contributed by atoms with Crippen LogP contribution in [0.25, 0.3) is 0 Å². The van der Waals surface area contributed by atoms with E-state index in [4.69, 9.17) is 4.74 Å². The largest absolute Gasteiger partial charge is 0.389 e. The smallest absolute Gasteiger partial charge is 0.0897 e. The van der Waals surface area contributed by atoms with Crippen LogP contribution in [0.4, 0.5) is 0 Å². The molecule has 14 heavy (non-hydrogen) atoms. The minimum absolute atomic E-state index is 0.388.